The molecule has 0 aromatic heterocycles. The van der Waals surface area contributed by atoms with Crippen LogP contribution in [0.1, 0.15) is 33.6 Å². The Balaban J connectivity index is 1.98. The van der Waals surface area contributed by atoms with Crippen LogP contribution in [0.5, 0.6) is 5.75 Å². The molecule has 1 aromatic carbocycles. The van der Waals surface area contributed by atoms with Gasteiger partial charge in [0.05, 0.1) is 6.10 Å². The number of carbonyl (C=O) groups excluding carboxylic acids is 3. The third-order valence-electron chi connectivity index (χ3n) is 4.26. The lowest BCUT2D eigenvalue weighted by Crippen LogP contribution is -2.34. The first-order valence-corrected chi connectivity index (χ1v) is 11.6. The average Bonchev–Trinajstić information content (AvgIpc) is 3.25. The highest BCUT2D eigenvalue weighted by molar-refractivity contribution is 7.45. The summed E-state index contributed by atoms with van der Waals surface area (Å²) in [4.78, 5) is 35.6. The number of allylic oxidation sites excluding steroid dienone is 1. The van der Waals surface area contributed by atoms with E-state index in [2.05, 4.69) is 5.09 Å². The van der Waals surface area contributed by atoms with Gasteiger partial charge in [-0.25, -0.2) is 5.09 Å². The molecular weight excluding hydrogens is 449 g/mol. The molecule has 2 rings (SSSR count). The molecule has 3 atom stereocenters. The largest absolute Gasteiger partial charge is 0.472 e. The van der Waals surface area contributed by atoms with Gasteiger partial charge in [0.15, 0.2) is 6.23 Å². The monoisotopic (exact) mass is 479 g/mol. The minimum absolute atomic E-state index is 0.231. The number of benzene rings is 1. The molecule has 1 aromatic rings. The van der Waals surface area contributed by atoms with Crippen LogP contribution in [0.4, 0.5) is 0 Å². The Morgan fingerprint density at radius 3 is 2.64 bits per heavy atom. The zero-order valence-electron chi connectivity index (χ0n) is 19.1. The predicted molar refractivity (Wildman–Crippen MR) is 122 cm³/mol. The third kappa shape index (κ3) is 9.51. The van der Waals surface area contributed by atoms with E-state index < -0.39 is 26.4 Å². The van der Waals surface area contributed by atoms with Crippen molar-refractivity contribution in [3.63, 3.8) is 0 Å². The number of nitrogens with zero attached hydrogens (tertiary/aromatic N) is 1. The Kier molecular flexibility index (Phi) is 10.7. The van der Waals surface area contributed by atoms with Gasteiger partial charge in [-0.1, -0.05) is 18.2 Å². The fraction of sp³-hybridized carbons (Fsp3) is 0.409. The summed E-state index contributed by atoms with van der Waals surface area (Å²) in [5, 5.41) is 5.05. The molecule has 33 heavy (non-hydrogen) atoms. The molecule has 1 saturated heterocycles. The van der Waals surface area contributed by atoms with Crippen LogP contribution in [-0.2, 0) is 28.4 Å². The maximum absolute atomic E-state index is 12.2. The molecule has 0 spiro atoms. The summed E-state index contributed by atoms with van der Waals surface area (Å²) in [7, 11) is 0.0381. The predicted octanol–water partition coefficient (Wildman–Crippen LogP) is 2.93. The molecule has 180 valence electrons. The molecule has 1 aliphatic rings. The molecule has 11 heteroatoms. The SMILES string of the molecule is CC(C)OC(=O)C(C)NP(O/C=C1\CCC(N(C)/C=C\C(=O)NC=O)O1)Oc1ccccc1. The van der Waals surface area contributed by atoms with E-state index in [1.165, 1.54) is 18.5 Å². The number of esters is 1. The van der Waals surface area contributed by atoms with Crippen LogP contribution in [0.15, 0.2) is 54.6 Å². The van der Waals surface area contributed by atoms with Gasteiger partial charge in [0, 0.05) is 32.2 Å². The average molecular weight is 479 g/mol. The number of rotatable bonds is 12. The van der Waals surface area contributed by atoms with E-state index in [4.69, 9.17) is 18.5 Å². The first-order chi connectivity index (χ1) is 15.8. The molecule has 2 amide bonds. The number of hydrogen-bond donors (Lipinski definition) is 2. The van der Waals surface area contributed by atoms with Crippen LogP contribution >= 0.6 is 8.53 Å². The summed E-state index contributed by atoms with van der Waals surface area (Å²) in [5.74, 6) is 0.257. The fourth-order valence-corrected chi connectivity index (χ4v) is 3.73. The lowest BCUT2D eigenvalue weighted by Gasteiger charge is -2.22. The Labute approximate surface area is 194 Å². The zero-order chi connectivity index (χ0) is 24.2. The number of imide groups is 1. The topological polar surface area (TPSA) is 115 Å². The van der Waals surface area contributed by atoms with Gasteiger partial charge < -0.3 is 23.4 Å². The van der Waals surface area contributed by atoms with Crippen molar-refractivity contribution in [2.75, 3.05) is 7.05 Å². The molecule has 0 aliphatic carbocycles. The number of para-hydroxylation sites is 1. The molecule has 0 radical (unpaired) electrons. The van der Waals surface area contributed by atoms with Crippen LogP contribution in [-0.4, -0.2) is 48.6 Å². The van der Waals surface area contributed by atoms with Crippen LogP contribution in [0, 0.1) is 0 Å². The summed E-state index contributed by atoms with van der Waals surface area (Å²) in [6.07, 6.45) is 5.32. The van der Waals surface area contributed by atoms with Gasteiger partial charge >= 0.3 is 14.5 Å². The van der Waals surface area contributed by atoms with E-state index in [9.17, 15) is 14.4 Å². The van der Waals surface area contributed by atoms with Crippen molar-refractivity contribution in [1.29, 1.82) is 0 Å². The van der Waals surface area contributed by atoms with Gasteiger partial charge in [0.1, 0.15) is 23.8 Å². The van der Waals surface area contributed by atoms with E-state index in [0.29, 0.717) is 30.8 Å². The minimum atomic E-state index is -1.72. The van der Waals surface area contributed by atoms with Crippen molar-refractivity contribution in [2.45, 2.75) is 52.0 Å². The van der Waals surface area contributed by atoms with Gasteiger partial charge in [-0.3, -0.25) is 19.7 Å². The standard InChI is InChI=1S/C22H30N3O7P/c1-16(2)30-22(28)17(3)24-33(32-18-8-6-5-7-9-18)29-14-19-10-11-21(31-19)25(4)13-12-20(27)23-15-26/h5-9,12-17,21,24H,10-11H2,1-4H3,(H,23,26,27)/b13-12-,19-14+. The lowest BCUT2D eigenvalue weighted by molar-refractivity contribution is -0.149. The molecule has 1 heterocycles. The molecule has 10 nitrogen and oxygen atoms in total. The second-order valence-corrected chi connectivity index (χ2v) is 8.57. The third-order valence-corrected chi connectivity index (χ3v) is 5.53. The Hall–Kier alpha value is -3.10. The maximum Gasteiger partial charge on any atom is 0.381 e. The lowest BCUT2D eigenvalue weighted by atomic mass is 10.3. The van der Waals surface area contributed by atoms with Crippen molar-refractivity contribution in [3.8, 4) is 5.75 Å². The second-order valence-electron chi connectivity index (χ2n) is 7.41. The van der Waals surface area contributed by atoms with Crippen molar-refractivity contribution >= 4 is 26.8 Å². The molecule has 2 N–H and O–H groups in total. The highest BCUT2D eigenvalue weighted by Gasteiger charge is 2.26. The zero-order valence-corrected chi connectivity index (χ0v) is 20.0. The molecule has 1 aliphatic heterocycles. The summed E-state index contributed by atoms with van der Waals surface area (Å²) >= 11 is 0. The van der Waals surface area contributed by atoms with Gasteiger partial charge in [0.2, 0.25) is 6.41 Å². The molecule has 3 unspecified atom stereocenters. The fourth-order valence-electron chi connectivity index (χ4n) is 2.63. The van der Waals surface area contributed by atoms with E-state index in [-0.39, 0.29) is 12.3 Å². The maximum atomic E-state index is 12.2. The number of carbonyl (C=O) groups is 3. The van der Waals surface area contributed by atoms with Crippen LogP contribution in [0.2, 0.25) is 0 Å². The molecule has 0 bridgehead atoms. The number of amides is 2. The molecule has 1 fully saturated rings. The number of nitrogens with one attached hydrogen (secondary N) is 2. The van der Waals surface area contributed by atoms with Crippen LogP contribution in [0.25, 0.3) is 0 Å². The summed E-state index contributed by atoms with van der Waals surface area (Å²) in [6.45, 7) is 5.24. The first-order valence-electron chi connectivity index (χ1n) is 10.4. The number of hydrogen-bond acceptors (Lipinski definition) is 9. The summed E-state index contributed by atoms with van der Waals surface area (Å²) < 4.78 is 22.8. The summed E-state index contributed by atoms with van der Waals surface area (Å²) in [5.41, 5.74) is 0. The molecular formula is C22H30N3O7P. The van der Waals surface area contributed by atoms with Gasteiger partial charge in [-0.15, -0.1) is 0 Å². The van der Waals surface area contributed by atoms with Crippen molar-refractivity contribution in [2.24, 2.45) is 0 Å². The van der Waals surface area contributed by atoms with Crippen molar-refractivity contribution < 1.29 is 32.9 Å². The van der Waals surface area contributed by atoms with E-state index >= 15 is 0 Å². The second kappa shape index (κ2) is 13.4. The smallest absolute Gasteiger partial charge is 0.381 e. The minimum Gasteiger partial charge on any atom is -0.472 e. The van der Waals surface area contributed by atoms with Gasteiger partial charge in [-0.2, -0.15) is 0 Å². The van der Waals surface area contributed by atoms with Crippen molar-refractivity contribution in [3.05, 3.63) is 54.6 Å². The number of ether oxygens (including phenoxy) is 2. The van der Waals surface area contributed by atoms with Crippen LogP contribution < -0.4 is 14.9 Å². The van der Waals surface area contributed by atoms with Crippen LogP contribution in [0.3, 0.4) is 0 Å². The highest BCUT2D eigenvalue weighted by atomic mass is 31.2. The Morgan fingerprint density at radius 1 is 1.24 bits per heavy atom. The van der Waals surface area contributed by atoms with Crippen molar-refractivity contribution in [1.82, 2.24) is 15.3 Å². The Bertz CT molecular complexity index is 848. The van der Waals surface area contributed by atoms with E-state index in [0.717, 1.165) is 0 Å². The van der Waals surface area contributed by atoms with E-state index in [1.54, 1.807) is 44.9 Å². The van der Waals surface area contributed by atoms with Gasteiger partial charge in [0.25, 0.3) is 5.91 Å². The Morgan fingerprint density at radius 2 is 1.97 bits per heavy atom. The quantitative estimate of drug-likeness (QED) is 0.153. The summed E-state index contributed by atoms with van der Waals surface area (Å²) in [6, 6.07) is 8.46. The van der Waals surface area contributed by atoms with E-state index in [1.807, 2.05) is 23.5 Å². The highest BCUT2D eigenvalue weighted by Crippen LogP contribution is 2.38. The normalized spacial score (nSPS) is 18.5. The first kappa shape index (κ1) is 26.2. The molecule has 0 saturated carbocycles. The van der Waals surface area contributed by atoms with Gasteiger partial charge in [-0.05, 0) is 32.9 Å².